The molecular weight excluding hydrogens is 691 g/mol. The van der Waals surface area contributed by atoms with Crippen molar-refractivity contribution in [1.82, 2.24) is 24.6 Å². The third-order valence-electron chi connectivity index (χ3n) is 8.57. The lowest BCUT2D eigenvalue weighted by Crippen LogP contribution is -2.54. The van der Waals surface area contributed by atoms with E-state index in [1.54, 1.807) is 35.2 Å². The molecule has 11 nitrogen and oxygen atoms in total. The lowest BCUT2D eigenvalue weighted by Gasteiger charge is -2.37. The predicted molar refractivity (Wildman–Crippen MR) is 168 cm³/mol. The van der Waals surface area contributed by atoms with Crippen molar-refractivity contribution in [2.45, 2.75) is 37.5 Å². The van der Waals surface area contributed by atoms with Gasteiger partial charge < -0.3 is 24.2 Å². The Bertz CT molecular complexity index is 1910. The molecule has 4 heterocycles. The number of ether oxygens (including phenoxy) is 2. The topological polar surface area (TPSA) is 106 Å². The molecule has 1 amide bonds. The van der Waals surface area contributed by atoms with Crippen LogP contribution in [0.15, 0.2) is 71.8 Å². The number of alkyl halides is 6. The van der Waals surface area contributed by atoms with Gasteiger partial charge in [-0.1, -0.05) is 24.3 Å². The van der Waals surface area contributed by atoms with Crippen molar-refractivity contribution in [1.29, 1.82) is 0 Å². The maximum Gasteiger partial charge on any atom is 0.421 e. The minimum atomic E-state index is -5.06. The average Bonchev–Trinajstić information content (AvgIpc) is 3.53. The number of para-hydroxylation sites is 1. The third-order valence-corrected chi connectivity index (χ3v) is 8.57. The summed E-state index contributed by atoms with van der Waals surface area (Å²) in [7, 11) is 1.45. The number of methoxy groups -OCH3 is 1. The van der Waals surface area contributed by atoms with Gasteiger partial charge in [-0.05, 0) is 29.8 Å². The highest BCUT2D eigenvalue weighted by molar-refractivity contribution is 5.86. The molecule has 270 valence electrons. The first kappa shape index (κ1) is 35.4. The van der Waals surface area contributed by atoms with Crippen molar-refractivity contribution < 1.29 is 45.0 Å². The van der Waals surface area contributed by atoms with E-state index in [1.807, 2.05) is 0 Å². The van der Waals surface area contributed by atoms with Gasteiger partial charge in [0, 0.05) is 51.1 Å². The molecule has 0 radical (unpaired) electrons. The van der Waals surface area contributed by atoms with Gasteiger partial charge in [-0.3, -0.25) is 9.59 Å². The SMILES string of the molecule is COc1ccc(Cn2nc(N3C[C@@H](Oc4ccccc4F)C[C@H]3C(=O)N3CCN(c4ncc(C(F)(F)F)cn4)CC3)cc(C(F)(F)F)c2=O)cc1. The number of amides is 1. The van der Waals surface area contributed by atoms with E-state index in [2.05, 4.69) is 15.1 Å². The number of benzene rings is 2. The lowest BCUT2D eigenvalue weighted by atomic mass is 10.1. The van der Waals surface area contributed by atoms with Crippen LogP contribution < -0.4 is 24.8 Å². The number of halogens is 7. The minimum Gasteiger partial charge on any atom is -0.497 e. The van der Waals surface area contributed by atoms with Gasteiger partial charge in [-0.25, -0.2) is 19.0 Å². The molecule has 2 aliphatic heterocycles. The van der Waals surface area contributed by atoms with Crippen LogP contribution in [0.1, 0.15) is 23.1 Å². The number of nitrogens with zero attached hydrogens (tertiary/aromatic N) is 7. The van der Waals surface area contributed by atoms with Crippen molar-refractivity contribution in [2.75, 3.05) is 49.6 Å². The van der Waals surface area contributed by atoms with Crippen molar-refractivity contribution in [3.05, 3.63) is 99.9 Å². The number of carbonyl (C=O) groups is 1. The number of anilines is 2. The third kappa shape index (κ3) is 7.83. The number of piperazine rings is 1. The fourth-order valence-corrected chi connectivity index (χ4v) is 5.94. The highest BCUT2D eigenvalue weighted by atomic mass is 19.4. The number of hydrogen-bond acceptors (Lipinski definition) is 9. The number of rotatable bonds is 8. The van der Waals surface area contributed by atoms with E-state index < -0.39 is 52.9 Å². The second-order valence-electron chi connectivity index (χ2n) is 11.9. The average molecular weight is 722 g/mol. The zero-order valence-corrected chi connectivity index (χ0v) is 26.9. The van der Waals surface area contributed by atoms with Gasteiger partial charge in [0.25, 0.3) is 5.56 Å². The standard InChI is InChI=1S/C33H30F7N7O4/c1-50-22-8-6-20(7-9-22)18-47-29(48)24(33(38,39)40)15-28(43-47)46-19-23(51-27-5-3-2-4-25(27)34)14-26(46)30(49)44-10-12-45(13-11-44)31-41-16-21(17-42-31)32(35,36)37/h2-9,15-17,23,26H,10-14,18-19H2,1H3/t23-,26-/m0/s1. The van der Waals surface area contributed by atoms with Crippen LogP contribution in [0.2, 0.25) is 0 Å². The maximum atomic E-state index is 14.5. The summed E-state index contributed by atoms with van der Waals surface area (Å²) in [5, 5.41) is 4.27. The first-order chi connectivity index (χ1) is 24.2. The van der Waals surface area contributed by atoms with Crippen LogP contribution in [0.3, 0.4) is 0 Å². The molecule has 2 aromatic heterocycles. The van der Waals surface area contributed by atoms with Crippen LogP contribution in [0.25, 0.3) is 0 Å². The van der Waals surface area contributed by atoms with Gasteiger partial charge in [0.15, 0.2) is 17.4 Å². The summed E-state index contributed by atoms with van der Waals surface area (Å²) in [5.74, 6) is -1.06. The van der Waals surface area contributed by atoms with E-state index >= 15 is 0 Å². The normalized spacial score (nSPS) is 18.2. The van der Waals surface area contributed by atoms with Crippen LogP contribution >= 0.6 is 0 Å². The van der Waals surface area contributed by atoms with Gasteiger partial charge in [-0.2, -0.15) is 31.4 Å². The van der Waals surface area contributed by atoms with E-state index in [9.17, 15) is 40.3 Å². The molecule has 0 spiro atoms. The van der Waals surface area contributed by atoms with E-state index in [1.165, 1.54) is 35.1 Å². The van der Waals surface area contributed by atoms with Crippen LogP contribution in [-0.4, -0.2) is 82.5 Å². The molecule has 2 aromatic carbocycles. The fourth-order valence-electron chi connectivity index (χ4n) is 5.94. The van der Waals surface area contributed by atoms with Crippen LogP contribution in [0.5, 0.6) is 11.5 Å². The Balaban J connectivity index is 1.29. The first-order valence-corrected chi connectivity index (χ1v) is 15.6. The van der Waals surface area contributed by atoms with E-state index in [0.717, 1.165) is 0 Å². The quantitative estimate of drug-likeness (QED) is 0.241. The van der Waals surface area contributed by atoms with E-state index in [4.69, 9.17) is 9.47 Å². The smallest absolute Gasteiger partial charge is 0.421 e. The lowest BCUT2D eigenvalue weighted by molar-refractivity contribution is -0.139. The summed E-state index contributed by atoms with van der Waals surface area (Å²) in [6, 6.07) is 11.3. The molecule has 2 saturated heterocycles. The summed E-state index contributed by atoms with van der Waals surface area (Å²) in [6.45, 7) is -0.00988. The summed E-state index contributed by atoms with van der Waals surface area (Å²) in [6.07, 6.45) is -9.25. The van der Waals surface area contributed by atoms with Crippen LogP contribution in [-0.2, 0) is 23.7 Å². The Morgan fingerprint density at radius 2 is 1.59 bits per heavy atom. The Morgan fingerprint density at radius 1 is 0.922 bits per heavy atom. The zero-order chi connectivity index (χ0) is 36.5. The molecule has 0 saturated carbocycles. The maximum absolute atomic E-state index is 14.5. The highest BCUT2D eigenvalue weighted by Gasteiger charge is 2.44. The minimum absolute atomic E-state index is 0.0407. The highest BCUT2D eigenvalue weighted by Crippen LogP contribution is 2.34. The predicted octanol–water partition coefficient (Wildman–Crippen LogP) is 4.64. The molecule has 0 unspecified atom stereocenters. The molecule has 4 aromatic rings. The first-order valence-electron chi connectivity index (χ1n) is 15.6. The molecule has 0 aliphatic carbocycles. The monoisotopic (exact) mass is 721 g/mol. The summed E-state index contributed by atoms with van der Waals surface area (Å²) in [4.78, 5) is 39.1. The molecule has 2 atom stereocenters. The number of carbonyl (C=O) groups excluding carboxylic acids is 1. The van der Waals surface area contributed by atoms with E-state index in [-0.39, 0.29) is 63.2 Å². The Morgan fingerprint density at radius 3 is 2.20 bits per heavy atom. The van der Waals surface area contributed by atoms with E-state index in [0.29, 0.717) is 34.5 Å². The van der Waals surface area contributed by atoms with Crippen molar-refractivity contribution in [3.8, 4) is 11.5 Å². The molecule has 51 heavy (non-hydrogen) atoms. The second-order valence-corrected chi connectivity index (χ2v) is 11.9. The molecule has 0 N–H and O–H groups in total. The Hall–Kier alpha value is -5.42. The second kappa shape index (κ2) is 14.1. The Labute approximate surface area is 285 Å². The molecule has 6 rings (SSSR count). The van der Waals surface area contributed by atoms with Crippen molar-refractivity contribution in [3.63, 3.8) is 0 Å². The molecular formula is C33H30F7N7O4. The van der Waals surface area contributed by atoms with Crippen LogP contribution in [0, 0.1) is 5.82 Å². The zero-order valence-electron chi connectivity index (χ0n) is 26.9. The van der Waals surface area contributed by atoms with Gasteiger partial charge in [0.05, 0.1) is 25.8 Å². The van der Waals surface area contributed by atoms with Crippen molar-refractivity contribution in [2.24, 2.45) is 0 Å². The molecule has 2 fully saturated rings. The fraction of sp³-hybridized carbons (Fsp3) is 0.364. The number of aromatic nitrogens is 4. The van der Waals surface area contributed by atoms with Gasteiger partial charge in [0.1, 0.15) is 23.5 Å². The van der Waals surface area contributed by atoms with Gasteiger partial charge in [0.2, 0.25) is 11.9 Å². The largest absolute Gasteiger partial charge is 0.497 e. The summed E-state index contributed by atoms with van der Waals surface area (Å²) < 4.78 is 108. The summed E-state index contributed by atoms with van der Waals surface area (Å²) >= 11 is 0. The molecule has 0 bridgehead atoms. The molecule has 2 aliphatic rings. The van der Waals surface area contributed by atoms with Gasteiger partial charge in [-0.15, -0.1) is 0 Å². The number of hydrogen-bond donors (Lipinski definition) is 0. The van der Waals surface area contributed by atoms with Crippen LogP contribution in [0.4, 0.5) is 42.5 Å². The van der Waals surface area contributed by atoms with Crippen molar-refractivity contribution >= 4 is 17.7 Å². The Kier molecular flexibility index (Phi) is 9.77. The van der Waals surface area contributed by atoms with Gasteiger partial charge >= 0.3 is 12.4 Å². The molecule has 18 heteroatoms. The summed E-state index contributed by atoms with van der Waals surface area (Å²) in [5.41, 5.74) is -3.42.